The molecule has 0 aliphatic heterocycles. The van der Waals surface area contributed by atoms with Crippen LogP contribution in [0.1, 0.15) is 12.8 Å². The minimum atomic E-state index is -9.63. The monoisotopic (exact) mass is 744 g/mol. The van der Waals surface area contributed by atoms with Gasteiger partial charge in [0.25, 0.3) is 0 Å². The second-order valence-corrected chi connectivity index (χ2v) is 9.25. The predicted octanol–water partition coefficient (Wildman–Crippen LogP) is 8.38. The second-order valence-electron chi connectivity index (χ2n) is 8.09. The molecule has 0 aliphatic rings. The van der Waals surface area contributed by atoms with E-state index in [4.69, 9.17) is 9.79 Å². The highest BCUT2D eigenvalue weighted by Gasteiger charge is 2.98. The highest BCUT2D eigenvalue weighted by atomic mass is 31.2. The Morgan fingerprint density at radius 3 is 0.841 bits per heavy atom. The molecule has 0 spiro atoms. The molecule has 30 heteroatoms. The van der Waals surface area contributed by atoms with Gasteiger partial charge >= 0.3 is 79.3 Å². The molecule has 0 amide bonds. The number of phosphoric acid groups is 1. The zero-order valence-electron chi connectivity index (χ0n) is 19.0. The van der Waals surface area contributed by atoms with E-state index in [1.807, 2.05) is 0 Å². The lowest BCUT2D eigenvalue weighted by atomic mass is 9.85. The first-order valence-electron chi connectivity index (χ1n) is 9.40. The minimum Gasteiger partial charge on any atom is -0.303 e. The van der Waals surface area contributed by atoms with Crippen LogP contribution < -0.4 is 0 Å². The quantitative estimate of drug-likeness (QED) is 0.139. The Morgan fingerprint density at radius 2 is 0.614 bits per heavy atom. The third-order valence-electron chi connectivity index (χ3n) is 4.94. The van der Waals surface area contributed by atoms with Gasteiger partial charge < -0.3 is 9.79 Å². The summed E-state index contributed by atoms with van der Waals surface area (Å²) in [6, 6.07) is 0. The van der Waals surface area contributed by atoms with Crippen LogP contribution in [0.3, 0.4) is 0 Å². The number of phosphoric ester groups is 1. The van der Waals surface area contributed by atoms with E-state index in [9.17, 15) is 114 Å². The molecular formula is C14H6F25O4P. The summed E-state index contributed by atoms with van der Waals surface area (Å²) in [5.41, 5.74) is 0. The lowest BCUT2D eigenvalue weighted by Gasteiger charge is -2.45. The topological polar surface area (TPSA) is 66.8 Å². The van der Waals surface area contributed by atoms with Crippen molar-refractivity contribution in [1.82, 2.24) is 0 Å². The number of hydrogen-bond acceptors (Lipinski definition) is 2. The molecule has 0 saturated carbocycles. The summed E-state index contributed by atoms with van der Waals surface area (Å²) < 4.78 is 345. The van der Waals surface area contributed by atoms with E-state index in [0.717, 1.165) is 0 Å². The molecule has 0 radical (unpaired) electrons. The van der Waals surface area contributed by atoms with Crippen molar-refractivity contribution in [2.75, 3.05) is 0 Å². The molecule has 0 aromatic carbocycles. The van der Waals surface area contributed by atoms with Crippen LogP contribution in [0.25, 0.3) is 0 Å². The van der Waals surface area contributed by atoms with E-state index in [2.05, 4.69) is 0 Å². The summed E-state index contributed by atoms with van der Waals surface area (Å²) in [7, 11) is -7.33. The molecule has 44 heavy (non-hydrogen) atoms. The minimum absolute atomic E-state index is 1.59. The summed E-state index contributed by atoms with van der Waals surface area (Å²) in [5.74, 6) is -90.5. The fourth-order valence-corrected chi connectivity index (χ4v) is 2.87. The molecule has 0 aromatic heterocycles. The maximum absolute atomic E-state index is 13.7. The summed E-state index contributed by atoms with van der Waals surface area (Å²) >= 11 is 0. The highest BCUT2D eigenvalue weighted by Crippen LogP contribution is 2.67. The number of alkyl halides is 25. The summed E-state index contributed by atoms with van der Waals surface area (Å²) in [6.45, 7) is 0. The van der Waals surface area contributed by atoms with Crippen molar-refractivity contribution in [2.45, 2.75) is 84.4 Å². The zero-order chi connectivity index (χ0) is 36.6. The Labute approximate surface area is 222 Å². The average molecular weight is 744 g/mol. The maximum Gasteiger partial charge on any atom is 0.474 e. The van der Waals surface area contributed by atoms with Gasteiger partial charge in [-0.05, 0) is 0 Å². The maximum atomic E-state index is 13.7. The van der Waals surface area contributed by atoms with E-state index in [1.165, 1.54) is 0 Å². The first kappa shape index (κ1) is 42.4. The standard InChI is InChI=1S/C14H6F25O4P/c15-3(16,1-2-4(17,18)19)5(20,21)6(22,23)7(24,25)8(26,27)9(28,29)10(30,31)11(32,33)12(34,35)13(36,37)14(38,39)43-44(40,41)42/h1-2H2,(H2,40,41,42). The lowest BCUT2D eigenvalue weighted by Crippen LogP contribution is -2.77. The van der Waals surface area contributed by atoms with Crippen molar-refractivity contribution < 1.29 is 129 Å². The van der Waals surface area contributed by atoms with Crippen LogP contribution in [0, 0.1) is 0 Å². The first-order chi connectivity index (χ1) is 18.4. The lowest BCUT2D eigenvalue weighted by molar-refractivity contribution is -0.481. The molecule has 0 aromatic rings. The Kier molecular flexibility index (Phi) is 10.3. The summed E-state index contributed by atoms with van der Waals surface area (Å²) in [4.78, 5) is 15.8. The number of hydrogen-bond donors (Lipinski definition) is 2. The Bertz CT molecular complexity index is 1090. The number of rotatable bonds is 14. The fraction of sp³-hybridized carbons (Fsp3) is 1.00. The molecular weight excluding hydrogens is 738 g/mol. The third-order valence-corrected chi connectivity index (χ3v) is 5.40. The van der Waals surface area contributed by atoms with Crippen LogP contribution in [-0.2, 0) is 9.09 Å². The van der Waals surface area contributed by atoms with Gasteiger partial charge in [-0.3, -0.25) is 0 Å². The Balaban J connectivity index is 7.21. The molecule has 0 heterocycles. The number of halogens is 25. The van der Waals surface area contributed by atoms with Crippen molar-refractivity contribution >= 4 is 7.82 Å². The van der Waals surface area contributed by atoms with Crippen molar-refractivity contribution in [3.63, 3.8) is 0 Å². The molecule has 4 nitrogen and oxygen atoms in total. The van der Waals surface area contributed by atoms with Gasteiger partial charge in [-0.1, -0.05) is 0 Å². The van der Waals surface area contributed by atoms with Crippen LogP contribution in [0.4, 0.5) is 110 Å². The SMILES string of the molecule is O=P(O)(O)OC(F)(F)C(F)(F)C(F)(F)C(F)(F)C(F)(F)C(F)(F)C(F)(F)C(F)(F)C(F)(F)C(F)(F)C(F)(F)CCC(F)(F)F. The van der Waals surface area contributed by atoms with Crippen LogP contribution in [-0.4, -0.2) is 81.3 Å². The zero-order valence-corrected chi connectivity index (χ0v) is 19.9. The largest absolute Gasteiger partial charge is 0.474 e. The fourth-order valence-electron chi connectivity index (χ4n) is 2.46. The first-order valence-corrected chi connectivity index (χ1v) is 10.9. The predicted molar refractivity (Wildman–Crippen MR) is 82.8 cm³/mol. The van der Waals surface area contributed by atoms with Gasteiger partial charge in [0.1, 0.15) is 0 Å². The molecule has 266 valence electrons. The average Bonchev–Trinajstić information content (AvgIpc) is 2.74. The van der Waals surface area contributed by atoms with E-state index < -0.39 is 92.2 Å². The van der Waals surface area contributed by atoms with Crippen molar-refractivity contribution in [3.8, 4) is 0 Å². The van der Waals surface area contributed by atoms with Crippen molar-refractivity contribution in [3.05, 3.63) is 0 Å². The normalized spacial score (nSPS) is 16.9. The molecule has 0 rings (SSSR count). The van der Waals surface area contributed by atoms with Gasteiger partial charge in [0.05, 0.1) is 0 Å². The van der Waals surface area contributed by atoms with Crippen LogP contribution in [0.15, 0.2) is 0 Å². The van der Waals surface area contributed by atoms with E-state index >= 15 is 0 Å². The van der Waals surface area contributed by atoms with E-state index in [-0.39, 0.29) is 0 Å². The van der Waals surface area contributed by atoms with Crippen LogP contribution in [0.5, 0.6) is 0 Å². The van der Waals surface area contributed by atoms with Crippen molar-refractivity contribution in [1.29, 1.82) is 0 Å². The highest BCUT2D eigenvalue weighted by molar-refractivity contribution is 7.46. The molecule has 0 bridgehead atoms. The summed E-state index contributed by atoms with van der Waals surface area (Å²) in [5, 5.41) is 0. The third kappa shape index (κ3) is 6.09. The van der Waals surface area contributed by atoms with Crippen LogP contribution >= 0.6 is 7.82 Å². The smallest absolute Gasteiger partial charge is 0.303 e. The molecule has 0 atom stereocenters. The molecule has 0 unspecified atom stereocenters. The Hall–Kier alpha value is -1.64. The molecule has 0 aliphatic carbocycles. The molecule has 0 fully saturated rings. The van der Waals surface area contributed by atoms with Gasteiger partial charge in [0, 0.05) is 12.8 Å². The summed E-state index contributed by atoms with van der Waals surface area (Å²) in [6.07, 6.45) is -21.2. The second kappa shape index (κ2) is 10.7. The molecule has 2 N–H and O–H groups in total. The molecule has 0 saturated heterocycles. The van der Waals surface area contributed by atoms with Gasteiger partial charge in [0.15, 0.2) is 0 Å². The van der Waals surface area contributed by atoms with Crippen LogP contribution in [0.2, 0.25) is 0 Å². The van der Waals surface area contributed by atoms with Gasteiger partial charge in [-0.2, -0.15) is 110 Å². The van der Waals surface area contributed by atoms with E-state index in [0.29, 0.717) is 0 Å². The Morgan fingerprint density at radius 1 is 0.386 bits per heavy atom. The van der Waals surface area contributed by atoms with Crippen molar-refractivity contribution in [2.24, 2.45) is 0 Å². The van der Waals surface area contributed by atoms with Gasteiger partial charge in [-0.25, -0.2) is 9.09 Å². The van der Waals surface area contributed by atoms with Gasteiger partial charge in [-0.15, -0.1) is 0 Å². The van der Waals surface area contributed by atoms with Gasteiger partial charge in [0.2, 0.25) is 0 Å². The van der Waals surface area contributed by atoms with E-state index in [1.54, 1.807) is 4.52 Å².